The van der Waals surface area contributed by atoms with Crippen molar-refractivity contribution in [1.29, 1.82) is 0 Å². The van der Waals surface area contributed by atoms with Gasteiger partial charge in [0, 0.05) is 6.20 Å². The second-order valence-corrected chi connectivity index (χ2v) is 2.54. The van der Waals surface area contributed by atoms with E-state index in [4.69, 9.17) is 4.74 Å². The number of pyridine rings is 1. The first-order valence-corrected chi connectivity index (χ1v) is 3.68. The number of fused-ring (bicyclic) bond motifs is 1. The van der Waals surface area contributed by atoms with Crippen LogP contribution in [-0.4, -0.2) is 17.5 Å². The van der Waals surface area contributed by atoms with Gasteiger partial charge in [-0.2, -0.15) is 0 Å². The molecule has 0 unspecified atom stereocenters. The number of nitrogens with one attached hydrogen (secondary N) is 1. The van der Waals surface area contributed by atoms with Crippen molar-refractivity contribution in [2.75, 3.05) is 11.9 Å². The molecule has 4 heteroatoms. The number of carbonyl (C=O) groups is 1. The van der Waals surface area contributed by atoms with Gasteiger partial charge in [0.15, 0.2) is 0 Å². The summed E-state index contributed by atoms with van der Waals surface area (Å²) in [6, 6.07) is 3.60. The molecule has 2 heterocycles. The van der Waals surface area contributed by atoms with E-state index in [1.54, 1.807) is 12.3 Å². The molecule has 1 aromatic rings. The Bertz CT molecular complexity index is 312. The lowest BCUT2D eigenvalue weighted by Crippen LogP contribution is -2.14. The third-order valence-electron chi connectivity index (χ3n) is 1.64. The smallest absolute Gasteiger partial charge is 0.250 e. The summed E-state index contributed by atoms with van der Waals surface area (Å²) in [6.07, 6.45) is 1.68. The van der Waals surface area contributed by atoms with Gasteiger partial charge in [-0.25, -0.2) is 0 Å². The lowest BCUT2D eigenvalue weighted by atomic mass is 10.3. The Balaban J connectivity index is 2.37. The van der Waals surface area contributed by atoms with Crippen molar-refractivity contribution < 1.29 is 9.53 Å². The Hall–Kier alpha value is -1.42. The number of nitrogens with zero attached hydrogens (tertiary/aromatic N) is 1. The molecule has 0 bridgehead atoms. The van der Waals surface area contributed by atoms with Crippen LogP contribution in [0.4, 0.5) is 5.69 Å². The molecule has 0 aromatic carbocycles. The molecule has 0 spiro atoms. The van der Waals surface area contributed by atoms with Gasteiger partial charge in [-0.15, -0.1) is 0 Å². The first-order chi connectivity index (χ1) is 5.86. The Morgan fingerprint density at radius 2 is 2.42 bits per heavy atom. The molecule has 1 amide bonds. The van der Waals surface area contributed by atoms with Crippen LogP contribution in [0.3, 0.4) is 0 Å². The summed E-state index contributed by atoms with van der Waals surface area (Å²) in [5.74, 6) is -0.123. The van der Waals surface area contributed by atoms with Gasteiger partial charge in [0.2, 0.25) is 5.91 Å². The zero-order valence-electron chi connectivity index (χ0n) is 6.41. The minimum absolute atomic E-state index is 0.107. The number of hydrogen-bond donors (Lipinski definition) is 1. The monoisotopic (exact) mass is 164 g/mol. The van der Waals surface area contributed by atoms with Crippen molar-refractivity contribution in [3.8, 4) is 0 Å². The summed E-state index contributed by atoms with van der Waals surface area (Å²) < 4.78 is 5.06. The molecular formula is C8H8N2O2. The molecule has 0 fully saturated rings. The summed E-state index contributed by atoms with van der Waals surface area (Å²) in [6.45, 7) is 0.505. The van der Waals surface area contributed by atoms with E-state index in [0.29, 0.717) is 6.61 Å². The molecule has 0 radical (unpaired) electrons. The molecular weight excluding hydrogens is 156 g/mol. The van der Waals surface area contributed by atoms with Crippen molar-refractivity contribution in [2.24, 2.45) is 0 Å². The van der Waals surface area contributed by atoms with Crippen molar-refractivity contribution in [3.63, 3.8) is 0 Å². The SMILES string of the molecule is O=C1COCc2ncccc2N1. The van der Waals surface area contributed by atoms with Crippen LogP contribution in [0.5, 0.6) is 0 Å². The second kappa shape index (κ2) is 2.91. The summed E-state index contributed by atoms with van der Waals surface area (Å²) in [4.78, 5) is 15.1. The van der Waals surface area contributed by atoms with E-state index in [2.05, 4.69) is 10.3 Å². The largest absolute Gasteiger partial charge is 0.365 e. The first-order valence-electron chi connectivity index (χ1n) is 3.68. The number of ether oxygens (including phenoxy) is 1. The van der Waals surface area contributed by atoms with Crippen LogP contribution in [-0.2, 0) is 16.1 Å². The number of carbonyl (C=O) groups excluding carboxylic acids is 1. The Morgan fingerprint density at radius 3 is 3.33 bits per heavy atom. The Morgan fingerprint density at radius 1 is 1.50 bits per heavy atom. The van der Waals surface area contributed by atoms with Gasteiger partial charge in [-0.1, -0.05) is 0 Å². The molecule has 1 aromatic heterocycles. The van der Waals surface area contributed by atoms with Gasteiger partial charge in [0.1, 0.15) is 6.61 Å². The molecule has 0 atom stereocenters. The van der Waals surface area contributed by atoms with Crippen molar-refractivity contribution in [3.05, 3.63) is 24.0 Å². The molecule has 1 aliphatic heterocycles. The number of hydrogen-bond acceptors (Lipinski definition) is 3. The minimum atomic E-state index is -0.123. The van der Waals surface area contributed by atoms with Gasteiger partial charge in [-0.05, 0) is 12.1 Å². The summed E-state index contributed by atoms with van der Waals surface area (Å²) in [7, 11) is 0. The highest BCUT2D eigenvalue weighted by molar-refractivity contribution is 5.92. The molecule has 0 saturated heterocycles. The first kappa shape index (κ1) is 7.24. The number of anilines is 1. The Kier molecular flexibility index (Phi) is 1.75. The topological polar surface area (TPSA) is 51.2 Å². The highest BCUT2D eigenvalue weighted by Gasteiger charge is 2.12. The van der Waals surface area contributed by atoms with Gasteiger partial charge in [0.25, 0.3) is 0 Å². The Labute approximate surface area is 69.6 Å². The van der Waals surface area contributed by atoms with E-state index >= 15 is 0 Å². The van der Waals surface area contributed by atoms with Gasteiger partial charge < -0.3 is 10.1 Å². The van der Waals surface area contributed by atoms with E-state index in [0.717, 1.165) is 11.4 Å². The summed E-state index contributed by atoms with van der Waals surface area (Å²) in [5.41, 5.74) is 1.53. The van der Waals surface area contributed by atoms with E-state index in [1.807, 2.05) is 6.07 Å². The van der Waals surface area contributed by atoms with E-state index in [9.17, 15) is 4.79 Å². The molecule has 62 valence electrons. The van der Waals surface area contributed by atoms with Crippen LogP contribution in [0.25, 0.3) is 0 Å². The van der Waals surface area contributed by atoms with Crippen molar-refractivity contribution in [1.82, 2.24) is 4.98 Å². The number of amides is 1. The fraction of sp³-hybridized carbons (Fsp3) is 0.250. The predicted octanol–water partition coefficient (Wildman–Crippen LogP) is 0.550. The zero-order valence-corrected chi connectivity index (χ0v) is 6.41. The molecule has 12 heavy (non-hydrogen) atoms. The summed E-state index contributed by atoms with van der Waals surface area (Å²) >= 11 is 0. The van der Waals surface area contributed by atoms with E-state index in [-0.39, 0.29) is 12.5 Å². The molecule has 4 nitrogen and oxygen atoms in total. The van der Waals surface area contributed by atoms with Crippen molar-refractivity contribution >= 4 is 11.6 Å². The third-order valence-corrected chi connectivity index (χ3v) is 1.64. The fourth-order valence-corrected chi connectivity index (χ4v) is 1.09. The maximum Gasteiger partial charge on any atom is 0.250 e. The van der Waals surface area contributed by atoms with Crippen LogP contribution >= 0.6 is 0 Å². The maximum atomic E-state index is 11.0. The van der Waals surface area contributed by atoms with E-state index < -0.39 is 0 Å². The molecule has 0 saturated carbocycles. The molecule has 1 N–H and O–H groups in total. The third kappa shape index (κ3) is 1.29. The van der Waals surface area contributed by atoms with Crippen LogP contribution in [0.2, 0.25) is 0 Å². The van der Waals surface area contributed by atoms with Crippen molar-refractivity contribution in [2.45, 2.75) is 6.61 Å². The molecule has 2 rings (SSSR count). The quantitative estimate of drug-likeness (QED) is 0.609. The number of rotatable bonds is 0. The average molecular weight is 164 g/mol. The van der Waals surface area contributed by atoms with E-state index in [1.165, 1.54) is 0 Å². The maximum absolute atomic E-state index is 11.0. The van der Waals surface area contributed by atoms with Crippen LogP contribution in [0.15, 0.2) is 18.3 Å². The average Bonchev–Trinajstić information content (AvgIpc) is 2.25. The van der Waals surface area contributed by atoms with Crippen LogP contribution in [0.1, 0.15) is 5.69 Å². The molecule has 0 aliphatic carbocycles. The van der Waals surface area contributed by atoms with Crippen LogP contribution < -0.4 is 5.32 Å². The van der Waals surface area contributed by atoms with Gasteiger partial charge >= 0.3 is 0 Å². The number of aromatic nitrogens is 1. The van der Waals surface area contributed by atoms with Gasteiger partial charge in [-0.3, -0.25) is 9.78 Å². The second-order valence-electron chi connectivity index (χ2n) is 2.54. The molecule has 1 aliphatic rings. The lowest BCUT2D eigenvalue weighted by molar-refractivity contribution is -0.120. The lowest BCUT2D eigenvalue weighted by Gasteiger charge is -2.01. The summed E-state index contributed by atoms with van der Waals surface area (Å²) in [5, 5.41) is 2.70. The predicted molar refractivity (Wildman–Crippen MR) is 42.5 cm³/mol. The zero-order chi connectivity index (χ0) is 8.39. The standard InChI is InChI=1S/C8H8N2O2/c11-8-5-12-4-7-6(10-8)2-1-3-9-7/h1-3H,4-5H2,(H,10,11). The minimum Gasteiger partial charge on any atom is -0.365 e. The highest BCUT2D eigenvalue weighted by Crippen LogP contribution is 2.15. The normalized spacial score (nSPS) is 16.2. The van der Waals surface area contributed by atoms with Gasteiger partial charge in [0.05, 0.1) is 18.0 Å². The fourth-order valence-electron chi connectivity index (χ4n) is 1.09. The highest BCUT2D eigenvalue weighted by atomic mass is 16.5. The van der Waals surface area contributed by atoms with Crippen LogP contribution in [0, 0.1) is 0 Å².